The Morgan fingerprint density at radius 2 is 1.03 bits per heavy atom. The molecule has 0 amide bonds. The SMILES string of the molecule is C1=CCC(c2nc(-c3ccccc3)nc(-c3cccc(-c4cccc(C5=CC(c6cccc(C7N=C(C8=CC=C(c9ccccc9)CC8)N=C(c8cccc(-c9ccccc9)c8)N7)c6)=CCC5)c4)c3)n2)C=C1. The fraction of sp³-hybridized carbons (Fsp3) is 0.106. The van der Waals surface area contributed by atoms with Crippen LogP contribution in [0.1, 0.15) is 77.8 Å². The van der Waals surface area contributed by atoms with Crippen molar-refractivity contribution in [1.29, 1.82) is 0 Å². The molecule has 6 heteroatoms. The van der Waals surface area contributed by atoms with E-state index in [4.69, 9.17) is 24.9 Å². The van der Waals surface area contributed by atoms with Crippen molar-refractivity contribution in [3.63, 3.8) is 0 Å². The molecule has 0 bridgehead atoms. The summed E-state index contributed by atoms with van der Waals surface area (Å²) in [6, 6.07) is 66.4. The molecule has 6 nitrogen and oxygen atoms in total. The minimum Gasteiger partial charge on any atom is -0.344 e. The number of aromatic nitrogens is 3. The van der Waals surface area contributed by atoms with E-state index in [-0.39, 0.29) is 12.1 Å². The monoisotopic (exact) mass is 928 g/mol. The molecule has 1 aliphatic heterocycles. The van der Waals surface area contributed by atoms with E-state index in [0.29, 0.717) is 11.6 Å². The van der Waals surface area contributed by atoms with Crippen LogP contribution in [-0.2, 0) is 0 Å². The summed E-state index contributed by atoms with van der Waals surface area (Å²) in [4.78, 5) is 25.7. The van der Waals surface area contributed by atoms with Crippen molar-refractivity contribution in [2.75, 3.05) is 0 Å². The second-order valence-electron chi connectivity index (χ2n) is 18.7. The van der Waals surface area contributed by atoms with Gasteiger partial charge in [-0.2, -0.15) is 0 Å². The molecule has 0 radical (unpaired) electrons. The van der Waals surface area contributed by atoms with Gasteiger partial charge in [0.2, 0.25) is 0 Å². The summed E-state index contributed by atoms with van der Waals surface area (Å²) in [5, 5.41) is 3.77. The molecule has 2 atom stereocenters. The van der Waals surface area contributed by atoms with Crippen LogP contribution in [-0.4, -0.2) is 26.6 Å². The largest absolute Gasteiger partial charge is 0.344 e. The van der Waals surface area contributed by atoms with Crippen molar-refractivity contribution in [2.45, 2.75) is 44.2 Å². The van der Waals surface area contributed by atoms with Gasteiger partial charge in [-0.3, -0.25) is 0 Å². The van der Waals surface area contributed by atoms with Crippen LogP contribution in [0.25, 0.3) is 61.7 Å². The third-order valence-corrected chi connectivity index (χ3v) is 13.9. The predicted molar refractivity (Wildman–Crippen MR) is 297 cm³/mol. The van der Waals surface area contributed by atoms with Gasteiger partial charge in [0.1, 0.15) is 17.8 Å². The minimum atomic E-state index is -0.330. The second kappa shape index (κ2) is 20.2. The highest BCUT2D eigenvalue weighted by atomic mass is 15.2. The fourth-order valence-electron chi connectivity index (χ4n) is 10.0. The van der Waals surface area contributed by atoms with Gasteiger partial charge >= 0.3 is 0 Å². The first-order valence-electron chi connectivity index (χ1n) is 25.0. The first-order chi connectivity index (χ1) is 35.6. The molecular formula is C66H52N6. The summed E-state index contributed by atoms with van der Waals surface area (Å²) in [5.74, 6) is 3.85. The van der Waals surface area contributed by atoms with E-state index in [1.165, 1.54) is 39.0 Å². The maximum absolute atomic E-state index is 5.36. The number of hydrogen-bond donors (Lipinski definition) is 1. The van der Waals surface area contributed by atoms with Crippen molar-refractivity contribution < 1.29 is 0 Å². The Balaban J connectivity index is 0.835. The minimum absolute atomic E-state index is 0.0994. The Morgan fingerprint density at radius 3 is 1.75 bits per heavy atom. The number of nitrogens with one attached hydrogen (secondary N) is 1. The topological polar surface area (TPSA) is 75.4 Å². The highest BCUT2D eigenvalue weighted by Gasteiger charge is 2.25. The highest BCUT2D eigenvalue weighted by molar-refractivity contribution is 6.13. The van der Waals surface area contributed by atoms with E-state index in [1.807, 2.05) is 18.2 Å². The number of benzene rings is 7. The van der Waals surface area contributed by atoms with Crippen molar-refractivity contribution in [2.24, 2.45) is 9.98 Å². The molecule has 2 unspecified atom stereocenters. The fourth-order valence-corrected chi connectivity index (χ4v) is 10.0. The molecule has 4 aliphatic rings. The van der Waals surface area contributed by atoms with Crippen LogP contribution in [0.15, 0.2) is 252 Å². The van der Waals surface area contributed by atoms with Gasteiger partial charge in [-0.05, 0) is 123 Å². The molecule has 7 aromatic carbocycles. The van der Waals surface area contributed by atoms with Gasteiger partial charge in [-0.1, -0.05) is 212 Å². The molecule has 72 heavy (non-hydrogen) atoms. The van der Waals surface area contributed by atoms with Crippen LogP contribution in [0, 0.1) is 0 Å². The zero-order valence-corrected chi connectivity index (χ0v) is 39.9. The van der Waals surface area contributed by atoms with Gasteiger partial charge in [0.15, 0.2) is 17.5 Å². The number of allylic oxidation sites excluding steroid dienone is 11. The number of rotatable bonds is 11. The van der Waals surface area contributed by atoms with Gasteiger partial charge in [0.05, 0.1) is 0 Å². The average molecular weight is 929 g/mol. The molecule has 0 fully saturated rings. The van der Waals surface area contributed by atoms with Crippen molar-refractivity contribution in [3.05, 3.63) is 276 Å². The lowest BCUT2D eigenvalue weighted by Crippen LogP contribution is -2.34. The number of amidine groups is 2. The standard InChI is InChI=1S/C66H52N6/c1-5-18-45(19-6-1)47-36-38-50(39-37-47)63-70-65(58-33-15-26-51(42-58)46-20-7-2-8-21-46)72-66(71-63)60-35-17-32-57(44-60)55-30-14-28-53(41-55)52-27-13-29-54(40-52)56-31-16-34-59(43-56)64-68-61(48-22-9-3-10-23-48)67-62(69-64)49-24-11-4-12-25-49/h1-13,15-24,26-27,29-36,38,40-44,49,66H,14,25,28,37,39H2,(H,70,71,72). The molecular weight excluding hydrogens is 877 g/mol. The zero-order valence-electron chi connectivity index (χ0n) is 39.9. The molecule has 8 aromatic rings. The van der Waals surface area contributed by atoms with E-state index in [2.05, 4.69) is 224 Å². The molecule has 12 rings (SSSR count). The van der Waals surface area contributed by atoms with Crippen LogP contribution in [0.5, 0.6) is 0 Å². The Morgan fingerprint density at radius 1 is 0.444 bits per heavy atom. The normalized spacial score (nSPS) is 17.4. The third-order valence-electron chi connectivity index (χ3n) is 13.9. The molecule has 0 saturated carbocycles. The maximum atomic E-state index is 5.36. The third kappa shape index (κ3) is 9.68. The molecule has 346 valence electrons. The lowest BCUT2D eigenvalue weighted by Gasteiger charge is -2.26. The van der Waals surface area contributed by atoms with Crippen molar-refractivity contribution in [1.82, 2.24) is 20.3 Å². The predicted octanol–water partition coefficient (Wildman–Crippen LogP) is 15.7. The van der Waals surface area contributed by atoms with E-state index in [0.717, 1.165) is 94.1 Å². The molecule has 1 N–H and O–H groups in total. The highest BCUT2D eigenvalue weighted by Crippen LogP contribution is 2.37. The lowest BCUT2D eigenvalue weighted by atomic mass is 9.89. The van der Waals surface area contributed by atoms with Crippen molar-refractivity contribution in [3.8, 4) is 45.0 Å². The van der Waals surface area contributed by atoms with E-state index in [9.17, 15) is 0 Å². The summed E-state index contributed by atoms with van der Waals surface area (Å²) in [5.41, 5.74) is 17.3. The number of nitrogens with zero attached hydrogens (tertiary/aromatic N) is 5. The summed E-state index contributed by atoms with van der Waals surface area (Å²) in [6.07, 6.45) is 22.0. The summed E-state index contributed by atoms with van der Waals surface area (Å²) < 4.78 is 0. The second-order valence-corrected chi connectivity index (χ2v) is 18.7. The molecule has 1 aromatic heterocycles. The molecule has 3 aliphatic carbocycles. The van der Waals surface area contributed by atoms with Crippen LogP contribution < -0.4 is 5.32 Å². The van der Waals surface area contributed by atoms with Gasteiger partial charge in [0, 0.05) is 22.6 Å². The van der Waals surface area contributed by atoms with Gasteiger partial charge in [-0.15, -0.1) is 0 Å². The summed E-state index contributed by atoms with van der Waals surface area (Å²) in [7, 11) is 0. The smallest absolute Gasteiger partial charge is 0.163 e. The average Bonchev–Trinajstić information content (AvgIpc) is 3.48. The quantitative estimate of drug-likeness (QED) is 0.140. The first kappa shape index (κ1) is 44.3. The van der Waals surface area contributed by atoms with Crippen molar-refractivity contribution >= 4 is 28.4 Å². The zero-order chi connectivity index (χ0) is 48.1. The molecule has 0 spiro atoms. The van der Waals surface area contributed by atoms with Gasteiger partial charge < -0.3 is 5.32 Å². The van der Waals surface area contributed by atoms with E-state index < -0.39 is 0 Å². The van der Waals surface area contributed by atoms with Crippen LogP contribution >= 0.6 is 0 Å². The Bertz CT molecular complexity index is 3580. The van der Waals surface area contributed by atoms with E-state index in [1.54, 1.807) is 0 Å². The van der Waals surface area contributed by atoms with Crippen LogP contribution in [0.3, 0.4) is 0 Å². The van der Waals surface area contributed by atoms with Gasteiger partial charge in [-0.25, -0.2) is 24.9 Å². The number of hydrogen-bond acceptors (Lipinski definition) is 6. The van der Waals surface area contributed by atoms with Crippen LogP contribution in [0.4, 0.5) is 0 Å². The molecule has 0 saturated heterocycles. The van der Waals surface area contributed by atoms with E-state index >= 15 is 0 Å². The van der Waals surface area contributed by atoms with Gasteiger partial charge in [0.25, 0.3) is 0 Å². The molecule has 2 heterocycles. The number of aliphatic imine (C=N–C) groups is 2. The lowest BCUT2D eigenvalue weighted by molar-refractivity contribution is 0.672. The Labute approximate surface area is 421 Å². The van der Waals surface area contributed by atoms with Crippen LogP contribution in [0.2, 0.25) is 0 Å². The first-order valence-corrected chi connectivity index (χ1v) is 25.0. The summed E-state index contributed by atoms with van der Waals surface area (Å²) >= 11 is 0. The summed E-state index contributed by atoms with van der Waals surface area (Å²) in [6.45, 7) is 0. The Hall–Kier alpha value is -8.87. The maximum Gasteiger partial charge on any atom is 0.163 e. The Kier molecular flexibility index (Phi) is 12.5.